The summed E-state index contributed by atoms with van der Waals surface area (Å²) in [7, 11) is 0. The van der Waals surface area contributed by atoms with Gasteiger partial charge in [-0.3, -0.25) is 0 Å². The van der Waals surface area contributed by atoms with E-state index in [0.29, 0.717) is 6.61 Å². The monoisotopic (exact) mass is 320 g/mol. The lowest BCUT2D eigenvalue weighted by molar-refractivity contribution is 0.247. The van der Waals surface area contributed by atoms with Gasteiger partial charge in [0.1, 0.15) is 12.4 Å². The van der Waals surface area contributed by atoms with Gasteiger partial charge in [-0.25, -0.2) is 13.6 Å². The van der Waals surface area contributed by atoms with Crippen LogP contribution in [0.25, 0.3) is 0 Å². The second-order valence-corrected chi connectivity index (χ2v) is 4.82. The van der Waals surface area contributed by atoms with Crippen LogP contribution in [0.4, 0.5) is 19.3 Å². The van der Waals surface area contributed by atoms with Gasteiger partial charge in [-0.2, -0.15) is 0 Å². The Morgan fingerprint density at radius 3 is 2.65 bits per heavy atom. The minimum atomic E-state index is -1.01. The quantitative estimate of drug-likeness (QED) is 0.797. The van der Waals surface area contributed by atoms with Crippen molar-refractivity contribution in [3.05, 3.63) is 59.7 Å². The van der Waals surface area contributed by atoms with Gasteiger partial charge in [0.2, 0.25) is 0 Å². The third-order valence-corrected chi connectivity index (χ3v) is 3.18. The van der Waals surface area contributed by atoms with E-state index in [1.54, 1.807) is 0 Å². The number of carbonyl (C=O) groups is 1. The lowest BCUT2D eigenvalue weighted by atomic mass is 10.1. The first kappa shape index (κ1) is 16.7. The molecule has 122 valence electrons. The van der Waals surface area contributed by atoms with Gasteiger partial charge in [-0.15, -0.1) is 0 Å². The van der Waals surface area contributed by atoms with Gasteiger partial charge in [0, 0.05) is 11.8 Å². The predicted octanol–water partition coefficient (Wildman–Crippen LogP) is 3.73. The molecule has 4 nitrogen and oxygen atoms in total. The molecule has 0 saturated heterocycles. The molecule has 2 N–H and O–H groups in total. The van der Waals surface area contributed by atoms with Crippen LogP contribution in [0.2, 0.25) is 0 Å². The number of para-hydroxylation sites is 1. The molecule has 2 aromatic carbocycles. The summed E-state index contributed by atoms with van der Waals surface area (Å²) in [5.41, 5.74) is 1.28. The number of halogens is 2. The van der Waals surface area contributed by atoms with E-state index in [0.717, 1.165) is 29.9 Å². The number of rotatable bonds is 6. The van der Waals surface area contributed by atoms with Crippen LogP contribution < -0.4 is 15.4 Å². The largest absolute Gasteiger partial charge is 0.491 e. The standard InChI is InChI=1S/C17H18F2N2O2/c1-2-12-5-3-4-6-16(12)23-10-9-20-17(22)21-13-7-8-14(18)15(19)11-13/h3-8,11H,2,9-10H2,1H3,(H2,20,21,22). The lowest BCUT2D eigenvalue weighted by Crippen LogP contribution is -2.32. The maximum Gasteiger partial charge on any atom is 0.319 e. The molecule has 0 unspecified atom stereocenters. The number of ether oxygens (including phenoxy) is 1. The first-order valence-corrected chi connectivity index (χ1v) is 7.30. The van der Waals surface area contributed by atoms with Crippen molar-refractivity contribution < 1.29 is 18.3 Å². The van der Waals surface area contributed by atoms with Crippen LogP contribution in [0.15, 0.2) is 42.5 Å². The Balaban J connectivity index is 1.75. The third-order valence-electron chi connectivity index (χ3n) is 3.18. The van der Waals surface area contributed by atoms with Crippen LogP contribution in [-0.4, -0.2) is 19.2 Å². The zero-order valence-corrected chi connectivity index (χ0v) is 12.7. The van der Waals surface area contributed by atoms with Crippen molar-refractivity contribution >= 4 is 11.7 Å². The number of carbonyl (C=O) groups excluding carboxylic acids is 1. The molecular weight excluding hydrogens is 302 g/mol. The Bertz CT molecular complexity index is 677. The fourth-order valence-electron chi connectivity index (χ4n) is 2.01. The first-order valence-electron chi connectivity index (χ1n) is 7.30. The van der Waals surface area contributed by atoms with Gasteiger partial charge in [0.25, 0.3) is 0 Å². The summed E-state index contributed by atoms with van der Waals surface area (Å²) in [6, 6.07) is 10.3. The average molecular weight is 320 g/mol. The van der Waals surface area contributed by atoms with E-state index >= 15 is 0 Å². The van der Waals surface area contributed by atoms with E-state index < -0.39 is 17.7 Å². The first-order chi connectivity index (χ1) is 11.1. The van der Waals surface area contributed by atoms with Crippen LogP contribution in [0, 0.1) is 11.6 Å². The van der Waals surface area contributed by atoms with Gasteiger partial charge in [-0.05, 0) is 30.2 Å². The zero-order valence-electron chi connectivity index (χ0n) is 12.7. The molecule has 0 aliphatic carbocycles. The Morgan fingerprint density at radius 1 is 1.13 bits per heavy atom. The molecule has 0 spiro atoms. The van der Waals surface area contributed by atoms with Gasteiger partial charge in [0.15, 0.2) is 11.6 Å². The second kappa shape index (κ2) is 8.12. The average Bonchev–Trinajstić information content (AvgIpc) is 2.55. The van der Waals surface area contributed by atoms with Crippen molar-refractivity contribution in [1.29, 1.82) is 0 Å². The summed E-state index contributed by atoms with van der Waals surface area (Å²) in [4.78, 5) is 11.6. The highest BCUT2D eigenvalue weighted by Gasteiger charge is 2.06. The normalized spacial score (nSPS) is 10.2. The fourth-order valence-corrected chi connectivity index (χ4v) is 2.01. The molecule has 2 amide bonds. The van der Waals surface area contributed by atoms with Gasteiger partial charge >= 0.3 is 6.03 Å². The molecule has 0 atom stereocenters. The van der Waals surface area contributed by atoms with Crippen LogP contribution in [0.5, 0.6) is 5.75 Å². The molecule has 2 aromatic rings. The molecule has 6 heteroatoms. The van der Waals surface area contributed by atoms with Gasteiger partial charge in [-0.1, -0.05) is 25.1 Å². The highest BCUT2D eigenvalue weighted by atomic mass is 19.2. The Kier molecular flexibility index (Phi) is 5.91. The molecular formula is C17H18F2N2O2. The molecule has 0 aliphatic rings. The van der Waals surface area contributed by atoms with Crippen molar-refractivity contribution in [2.24, 2.45) is 0 Å². The molecule has 0 radical (unpaired) electrons. The van der Waals surface area contributed by atoms with Crippen molar-refractivity contribution in [3.63, 3.8) is 0 Å². The molecule has 0 saturated carbocycles. The Labute approximate surface area is 133 Å². The highest BCUT2D eigenvalue weighted by molar-refractivity contribution is 5.89. The Morgan fingerprint density at radius 2 is 1.91 bits per heavy atom. The van der Waals surface area contributed by atoms with Crippen molar-refractivity contribution in [3.8, 4) is 5.75 Å². The molecule has 0 fully saturated rings. The summed E-state index contributed by atoms with van der Waals surface area (Å²) in [6.07, 6.45) is 0.861. The van der Waals surface area contributed by atoms with Crippen LogP contribution in [0.3, 0.4) is 0 Å². The lowest BCUT2D eigenvalue weighted by Gasteiger charge is -2.11. The highest BCUT2D eigenvalue weighted by Crippen LogP contribution is 2.17. The van der Waals surface area contributed by atoms with Crippen molar-refractivity contribution in [1.82, 2.24) is 5.32 Å². The number of amides is 2. The summed E-state index contributed by atoms with van der Waals surface area (Å²) in [5, 5.41) is 5.00. The fraction of sp³-hybridized carbons (Fsp3) is 0.235. The van der Waals surface area contributed by atoms with Gasteiger partial charge < -0.3 is 15.4 Å². The maximum absolute atomic E-state index is 13.0. The van der Waals surface area contributed by atoms with E-state index in [-0.39, 0.29) is 12.2 Å². The molecule has 0 bridgehead atoms. The van der Waals surface area contributed by atoms with Crippen molar-refractivity contribution in [2.45, 2.75) is 13.3 Å². The van der Waals surface area contributed by atoms with Crippen LogP contribution >= 0.6 is 0 Å². The number of aryl methyl sites for hydroxylation is 1. The topological polar surface area (TPSA) is 50.4 Å². The molecule has 2 rings (SSSR count). The summed E-state index contributed by atoms with van der Waals surface area (Å²) >= 11 is 0. The summed E-state index contributed by atoms with van der Waals surface area (Å²) in [5.74, 6) is -1.18. The third kappa shape index (κ3) is 4.95. The number of anilines is 1. The molecule has 23 heavy (non-hydrogen) atoms. The molecule has 0 aliphatic heterocycles. The Hall–Kier alpha value is -2.63. The zero-order chi connectivity index (χ0) is 16.7. The molecule has 0 heterocycles. The maximum atomic E-state index is 13.0. The van der Waals surface area contributed by atoms with E-state index in [9.17, 15) is 13.6 Å². The second-order valence-electron chi connectivity index (χ2n) is 4.82. The van der Waals surface area contributed by atoms with Crippen LogP contribution in [0.1, 0.15) is 12.5 Å². The van der Waals surface area contributed by atoms with E-state index in [1.807, 2.05) is 31.2 Å². The minimum Gasteiger partial charge on any atom is -0.491 e. The predicted molar refractivity (Wildman–Crippen MR) is 84.7 cm³/mol. The molecule has 0 aromatic heterocycles. The van der Waals surface area contributed by atoms with E-state index in [1.165, 1.54) is 6.07 Å². The summed E-state index contributed by atoms with van der Waals surface area (Å²) in [6.45, 7) is 2.63. The van der Waals surface area contributed by atoms with Gasteiger partial charge in [0.05, 0.1) is 6.54 Å². The smallest absolute Gasteiger partial charge is 0.319 e. The minimum absolute atomic E-state index is 0.179. The van der Waals surface area contributed by atoms with Crippen LogP contribution in [-0.2, 0) is 6.42 Å². The number of urea groups is 1. The van der Waals surface area contributed by atoms with E-state index in [4.69, 9.17) is 4.74 Å². The number of hydrogen-bond donors (Lipinski definition) is 2. The number of benzene rings is 2. The SMILES string of the molecule is CCc1ccccc1OCCNC(=O)Nc1ccc(F)c(F)c1. The van der Waals surface area contributed by atoms with Crippen molar-refractivity contribution in [2.75, 3.05) is 18.5 Å². The number of hydrogen-bond acceptors (Lipinski definition) is 2. The van der Waals surface area contributed by atoms with E-state index in [2.05, 4.69) is 10.6 Å². The number of nitrogens with one attached hydrogen (secondary N) is 2. The summed E-state index contributed by atoms with van der Waals surface area (Å²) < 4.78 is 31.4.